The van der Waals surface area contributed by atoms with Crippen molar-refractivity contribution in [2.75, 3.05) is 7.11 Å². The summed E-state index contributed by atoms with van der Waals surface area (Å²) in [7, 11) is 1.45. The molecule has 0 saturated heterocycles. The van der Waals surface area contributed by atoms with Gasteiger partial charge >= 0.3 is 5.97 Å². The topological polar surface area (TPSA) is 26.3 Å². The maximum atomic E-state index is 10.7. The van der Waals surface area contributed by atoms with Crippen molar-refractivity contribution in [3.63, 3.8) is 0 Å². The third kappa shape index (κ3) is 1.23. The Balaban J connectivity index is 2.25. The van der Waals surface area contributed by atoms with Crippen molar-refractivity contribution < 1.29 is 9.53 Å². The van der Waals surface area contributed by atoms with E-state index in [9.17, 15) is 4.79 Å². The zero-order chi connectivity index (χ0) is 6.85. The highest BCUT2D eigenvalue weighted by Crippen LogP contribution is 2.41. The van der Waals surface area contributed by atoms with Gasteiger partial charge in [-0.15, -0.1) is 0 Å². The Morgan fingerprint density at radius 1 is 1.78 bits per heavy atom. The molecule has 0 aromatic carbocycles. The molecule has 1 rings (SSSR count). The van der Waals surface area contributed by atoms with Gasteiger partial charge in [0.1, 0.15) is 0 Å². The predicted molar refractivity (Wildman–Crippen MR) is 33.9 cm³/mol. The van der Waals surface area contributed by atoms with Crippen LogP contribution in [-0.4, -0.2) is 13.1 Å². The fourth-order valence-corrected chi connectivity index (χ4v) is 1.14. The number of hydrogen-bond acceptors (Lipinski definition) is 2. The van der Waals surface area contributed by atoms with Gasteiger partial charge < -0.3 is 4.74 Å². The molecular formula is C7H12O2. The molecule has 2 atom stereocenters. The molecule has 0 spiro atoms. The van der Waals surface area contributed by atoms with Crippen molar-refractivity contribution in [2.45, 2.75) is 19.8 Å². The molecule has 0 N–H and O–H groups in total. The normalized spacial score (nSPS) is 31.8. The van der Waals surface area contributed by atoms with Gasteiger partial charge in [-0.2, -0.15) is 0 Å². The molecule has 0 aromatic rings. The summed E-state index contributed by atoms with van der Waals surface area (Å²) in [6.45, 7) is 2.10. The number of carbonyl (C=O) groups excluding carboxylic acids is 1. The van der Waals surface area contributed by atoms with Gasteiger partial charge in [0, 0.05) is 0 Å². The van der Waals surface area contributed by atoms with Crippen molar-refractivity contribution in [3.8, 4) is 0 Å². The minimum absolute atomic E-state index is 0.0261. The lowest BCUT2D eigenvalue weighted by Gasteiger charge is -1.93. The molecule has 0 unspecified atom stereocenters. The lowest BCUT2D eigenvalue weighted by Crippen LogP contribution is -2.03. The number of rotatable bonds is 2. The molecule has 1 aliphatic rings. The van der Waals surface area contributed by atoms with Crippen LogP contribution >= 0.6 is 0 Å². The molecule has 0 heterocycles. The quantitative estimate of drug-likeness (QED) is 0.522. The molecule has 1 aliphatic carbocycles. The molecule has 0 aromatic heterocycles. The zero-order valence-electron chi connectivity index (χ0n) is 5.89. The van der Waals surface area contributed by atoms with Crippen LogP contribution < -0.4 is 0 Å². The highest BCUT2D eigenvalue weighted by molar-refractivity contribution is 5.75. The minimum Gasteiger partial charge on any atom is -0.469 e. The lowest BCUT2D eigenvalue weighted by atomic mass is 10.2. The van der Waals surface area contributed by atoms with Crippen LogP contribution in [0, 0.1) is 11.8 Å². The first-order valence-electron chi connectivity index (χ1n) is 3.37. The maximum absolute atomic E-state index is 10.7. The van der Waals surface area contributed by atoms with Crippen molar-refractivity contribution in [1.29, 1.82) is 0 Å². The summed E-state index contributed by atoms with van der Waals surface area (Å²) in [5.74, 6) is 0.833. The molecule has 2 heteroatoms. The highest BCUT2D eigenvalue weighted by Gasteiger charge is 2.42. The number of methoxy groups -OCH3 is 1. The third-order valence-corrected chi connectivity index (χ3v) is 1.95. The van der Waals surface area contributed by atoms with E-state index in [2.05, 4.69) is 11.7 Å². The zero-order valence-corrected chi connectivity index (χ0v) is 5.89. The second kappa shape index (κ2) is 2.38. The molecule has 1 fully saturated rings. The van der Waals surface area contributed by atoms with Crippen LogP contribution in [0.25, 0.3) is 0 Å². The number of carbonyl (C=O) groups is 1. The summed E-state index contributed by atoms with van der Waals surface area (Å²) in [5, 5.41) is 0. The van der Waals surface area contributed by atoms with E-state index in [1.165, 1.54) is 7.11 Å². The molecule has 0 bridgehead atoms. The van der Waals surface area contributed by atoms with Gasteiger partial charge in [-0.05, 0) is 12.3 Å². The average molecular weight is 128 g/mol. The Hall–Kier alpha value is -0.530. The monoisotopic (exact) mass is 128 g/mol. The predicted octanol–water partition coefficient (Wildman–Crippen LogP) is 1.21. The first kappa shape index (κ1) is 6.59. The van der Waals surface area contributed by atoms with E-state index in [4.69, 9.17) is 0 Å². The van der Waals surface area contributed by atoms with Gasteiger partial charge in [-0.3, -0.25) is 4.79 Å². The van der Waals surface area contributed by atoms with E-state index in [1.807, 2.05) is 0 Å². The second-order valence-electron chi connectivity index (χ2n) is 2.53. The van der Waals surface area contributed by atoms with Crippen molar-refractivity contribution in [3.05, 3.63) is 0 Å². The van der Waals surface area contributed by atoms with Crippen LogP contribution in [0.2, 0.25) is 0 Å². The van der Waals surface area contributed by atoms with Crippen LogP contribution in [0.5, 0.6) is 0 Å². The number of esters is 1. The smallest absolute Gasteiger partial charge is 0.308 e. The standard InChI is InChI=1S/C7H12O2/c1-3-5-4-6(5)7(8)9-2/h5-6H,3-4H2,1-2H3/t5-,6+/m0/s1. The van der Waals surface area contributed by atoms with Crippen LogP contribution in [-0.2, 0) is 9.53 Å². The molecule has 0 radical (unpaired) electrons. The van der Waals surface area contributed by atoms with Crippen molar-refractivity contribution in [1.82, 2.24) is 0 Å². The summed E-state index contributed by atoms with van der Waals surface area (Å²) in [6.07, 6.45) is 2.16. The summed E-state index contributed by atoms with van der Waals surface area (Å²) in [4.78, 5) is 10.7. The summed E-state index contributed by atoms with van der Waals surface area (Å²) < 4.78 is 4.57. The van der Waals surface area contributed by atoms with E-state index >= 15 is 0 Å². The largest absolute Gasteiger partial charge is 0.469 e. The van der Waals surface area contributed by atoms with E-state index in [1.54, 1.807) is 0 Å². The SMILES string of the molecule is CC[C@H]1C[C@H]1C(=O)OC. The lowest BCUT2D eigenvalue weighted by molar-refractivity contribution is -0.142. The van der Waals surface area contributed by atoms with Gasteiger partial charge in [-0.1, -0.05) is 13.3 Å². The Morgan fingerprint density at radius 2 is 2.44 bits per heavy atom. The molecule has 0 aliphatic heterocycles. The van der Waals surface area contributed by atoms with Crippen LogP contribution in [0.1, 0.15) is 19.8 Å². The maximum Gasteiger partial charge on any atom is 0.308 e. The van der Waals surface area contributed by atoms with Crippen LogP contribution in [0.3, 0.4) is 0 Å². The first-order valence-corrected chi connectivity index (χ1v) is 3.37. The van der Waals surface area contributed by atoms with E-state index in [-0.39, 0.29) is 11.9 Å². The molecule has 2 nitrogen and oxygen atoms in total. The summed E-state index contributed by atoms with van der Waals surface area (Å²) in [6, 6.07) is 0. The van der Waals surface area contributed by atoms with E-state index in [0.717, 1.165) is 12.8 Å². The highest BCUT2D eigenvalue weighted by atomic mass is 16.5. The van der Waals surface area contributed by atoms with Gasteiger partial charge in [0.05, 0.1) is 13.0 Å². The van der Waals surface area contributed by atoms with E-state index < -0.39 is 0 Å². The fourth-order valence-electron chi connectivity index (χ4n) is 1.14. The Labute approximate surface area is 55.2 Å². The summed E-state index contributed by atoms with van der Waals surface area (Å²) >= 11 is 0. The Bertz CT molecular complexity index is 120. The van der Waals surface area contributed by atoms with Gasteiger partial charge in [0.15, 0.2) is 0 Å². The van der Waals surface area contributed by atoms with Crippen molar-refractivity contribution in [2.24, 2.45) is 11.8 Å². The van der Waals surface area contributed by atoms with Crippen molar-refractivity contribution >= 4 is 5.97 Å². The molecule has 9 heavy (non-hydrogen) atoms. The molecule has 0 amide bonds. The number of hydrogen-bond donors (Lipinski definition) is 0. The van der Waals surface area contributed by atoms with E-state index in [0.29, 0.717) is 5.92 Å². The average Bonchev–Trinajstić information content (AvgIpc) is 2.64. The Morgan fingerprint density at radius 3 is 2.78 bits per heavy atom. The first-order chi connectivity index (χ1) is 4.29. The number of ether oxygens (including phenoxy) is 1. The fraction of sp³-hybridized carbons (Fsp3) is 0.857. The Kier molecular flexibility index (Phi) is 1.74. The van der Waals surface area contributed by atoms with Crippen LogP contribution in [0.4, 0.5) is 0 Å². The van der Waals surface area contributed by atoms with Gasteiger partial charge in [0.25, 0.3) is 0 Å². The second-order valence-corrected chi connectivity index (χ2v) is 2.53. The minimum atomic E-state index is -0.0261. The summed E-state index contributed by atoms with van der Waals surface area (Å²) in [5.41, 5.74) is 0. The van der Waals surface area contributed by atoms with Gasteiger partial charge in [-0.25, -0.2) is 0 Å². The van der Waals surface area contributed by atoms with Gasteiger partial charge in [0.2, 0.25) is 0 Å². The molecule has 1 saturated carbocycles. The van der Waals surface area contributed by atoms with Crippen LogP contribution in [0.15, 0.2) is 0 Å². The molecular weight excluding hydrogens is 116 g/mol. The molecule has 52 valence electrons. The third-order valence-electron chi connectivity index (χ3n) is 1.95.